The maximum atomic E-state index is 13.3. The van der Waals surface area contributed by atoms with Gasteiger partial charge in [-0.25, -0.2) is 8.78 Å². The third-order valence-electron chi connectivity index (χ3n) is 4.48. The minimum atomic E-state index is -0.506. The molecular formula is C17H26F2N2. The van der Waals surface area contributed by atoms with Crippen molar-refractivity contribution < 1.29 is 8.78 Å². The quantitative estimate of drug-likeness (QED) is 0.890. The molecule has 1 heterocycles. The zero-order valence-electron chi connectivity index (χ0n) is 13.0. The maximum absolute atomic E-state index is 13.3. The van der Waals surface area contributed by atoms with Crippen LogP contribution in [-0.2, 0) is 0 Å². The van der Waals surface area contributed by atoms with Crippen LogP contribution in [-0.4, -0.2) is 31.6 Å². The Kier molecular flexibility index (Phi) is 6.12. The first-order valence-electron chi connectivity index (χ1n) is 7.94. The summed E-state index contributed by atoms with van der Waals surface area (Å²) >= 11 is 0. The molecule has 2 unspecified atom stereocenters. The maximum Gasteiger partial charge on any atom is 0.126 e. The second-order valence-corrected chi connectivity index (χ2v) is 6.21. The Morgan fingerprint density at radius 1 is 1.19 bits per heavy atom. The molecule has 4 heteroatoms. The van der Waals surface area contributed by atoms with Gasteiger partial charge >= 0.3 is 0 Å². The van der Waals surface area contributed by atoms with Crippen molar-refractivity contribution in [2.24, 2.45) is 5.92 Å². The lowest BCUT2D eigenvalue weighted by atomic mass is 10.0. The second kappa shape index (κ2) is 7.85. The molecule has 0 aliphatic carbocycles. The molecule has 2 rings (SSSR count). The standard InChI is InChI=1S/C17H26F2N2/c1-13-4-3-7-21(8-5-13)9-6-17(20-2)14-10-15(18)12-16(19)11-14/h10-13,17,20H,3-9H2,1-2H3. The average molecular weight is 296 g/mol. The summed E-state index contributed by atoms with van der Waals surface area (Å²) in [4.78, 5) is 2.48. The van der Waals surface area contributed by atoms with Gasteiger partial charge in [-0.1, -0.05) is 6.92 Å². The van der Waals surface area contributed by atoms with Gasteiger partial charge in [0.2, 0.25) is 0 Å². The third-order valence-corrected chi connectivity index (χ3v) is 4.48. The molecular weight excluding hydrogens is 270 g/mol. The van der Waals surface area contributed by atoms with E-state index in [1.54, 1.807) is 0 Å². The van der Waals surface area contributed by atoms with E-state index in [1.165, 1.54) is 31.4 Å². The fourth-order valence-electron chi connectivity index (χ4n) is 3.11. The molecule has 1 fully saturated rings. The number of halogens is 2. The van der Waals surface area contributed by atoms with Gasteiger partial charge in [0.05, 0.1) is 0 Å². The Morgan fingerprint density at radius 2 is 1.90 bits per heavy atom. The second-order valence-electron chi connectivity index (χ2n) is 6.21. The Labute approximate surface area is 126 Å². The molecule has 0 spiro atoms. The van der Waals surface area contributed by atoms with Crippen LogP contribution < -0.4 is 5.32 Å². The molecule has 1 saturated heterocycles. The number of rotatable bonds is 5. The molecule has 1 aromatic carbocycles. The van der Waals surface area contributed by atoms with Gasteiger partial charge in [0.1, 0.15) is 11.6 Å². The van der Waals surface area contributed by atoms with E-state index in [0.29, 0.717) is 5.56 Å². The van der Waals surface area contributed by atoms with Crippen molar-refractivity contribution in [1.82, 2.24) is 10.2 Å². The minimum absolute atomic E-state index is 0.00382. The summed E-state index contributed by atoms with van der Waals surface area (Å²) in [5, 5.41) is 3.18. The van der Waals surface area contributed by atoms with Crippen LogP contribution in [0.25, 0.3) is 0 Å². The molecule has 0 saturated carbocycles. The Balaban J connectivity index is 1.92. The van der Waals surface area contributed by atoms with Gasteiger partial charge in [0, 0.05) is 12.1 Å². The van der Waals surface area contributed by atoms with Gasteiger partial charge in [0.25, 0.3) is 0 Å². The summed E-state index contributed by atoms with van der Waals surface area (Å²) in [6.45, 7) is 5.55. The van der Waals surface area contributed by atoms with Crippen LogP contribution in [0.4, 0.5) is 8.78 Å². The van der Waals surface area contributed by atoms with Crippen LogP contribution in [0, 0.1) is 17.6 Å². The lowest BCUT2D eigenvalue weighted by Crippen LogP contribution is -2.29. The predicted octanol–water partition coefficient (Wildman–Crippen LogP) is 3.74. The highest BCUT2D eigenvalue weighted by atomic mass is 19.1. The first-order chi connectivity index (χ1) is 10.1. The fraction of sp³-hybridized carbons (Fsp3) is 0.647. The highest BCUT2D eigenvalue weighted by Gasteiger charge is 2.17. The van der Waals surface area contributed by atoms with E-state index in [4.69, 9.17) is 0 Å². The monoisotopic (exact) mass is 296 g/mol. The van der Waals surface area contributed by atoms with E-state index in [-0.39, 0.29) is 6.04 Å². The summed E-state index contributed by atoms with van der Waals surface area (Å²) in [7, 11) is 1.85. The van der Waals surface area contributed by atoms with E-state index >= 15 is 0 Å². The summed E-state index contributed by atoms with van der Waals surface area (Å²) < 4.78 is 26.7. The molecule has 1 aromatic rings. The molecule has 21 heavy (non-hydrogen) atoms. The predicted molar refractivity (Wildman–Crippen MR) is 82.2 cm³/mol. The van der Waals surface area contributed by atoms with Crippen LogP contribution in [0.1, 0.15) is 44.2 Å². The molecule has 2 atom stereocenters. The van der Waals surface area contributed by atoms with Crippen LogP contribution in [0.15, 0.2) is 18.2 Å². The fourth-order valence-corrected chi connectivity index (χ4v) is 3.11. The van der Waals surface area contributed by atoms with Crippen molar-refractivity contribution in [2.75, 3.05) is 26.7 Å². The van der Waals surface area contributed by atoms with Crippen molar-refractivity contribution in [3.05, 3.63) is 35.4 Å². The number of benzene rings is 1. The molecule has 0 amide bonds. The smallest absolute Gasteiger partial charge is 0.126 e. The number of nitrogens with one attached hydrogen (secondary N) is 1. The SMILES string of the molecule is CNC(CCN1CCCC(C)CC1)c1cc(F)cc(F)c1. The Bertz CT molecular complexity index is 430. The molecule has 0 aromatic heterocycles. The zero-order valence-corrected chi connectivity index (χ0v) is 13.0. The van der Waals surface area contributed by atoms with Crippen molar-refractivity contribution in [2.45, 2.75) is 38.6 Å². The highest BCUT2D eigenvalue weighted by Crippen LogP contribution is 2.21. The zero-order chi connectivity index (χ0) is 15.2. The highest BCUT2D eigenvalue weighted by molar-refractivity contribution is 5.21. The van der Waals surface area contributed by atoms with E-state index in [2.05, 4.69) is 17.1 Å². The van der Waals surface area contributed by atoms with Crippen molar-refractivity contribution >= 4 is 0 Å². The van der Waals surface area contributed by atoms with Gasteiger partial charge in [-0.05, 0) is 76.0 Å². The third kappa shape index (κ3) is 5.04. The number of likely N-dealkylation sites (tertiary alicyclic amines) is 1. The Hall–Kier alpha value is -1.00. The molecule has 1 aliphatic rings. The van der Waals surface area contributed by atoms with Crippen LogP contribution in [0.3, 0.4) is 0 Å². The molecule has 0 radical (unpaired) electrons. The number of nitrogens with zero attached hydrogens (tertiary/aromatic N) is 1. The van der Waals surface area contributed by atoms with Crippen molar-refractivity contribution in [3.8, 4) is 0 Å². The van der Waals surface area contributed by atoms with Crippen molar-refractivity contribution in [3.63, 3.8) is 0 Å². The molecule has 118 valence electrons. The minimum Gasteiger partial charge on any atom is -0.313 e. The summed E-state index contributed by atoms with van der Waals surface area (Å²) in [5.41, 5.74) is 0.693. The number of hydrogen-bond acceptors (Lipinski definition) is 2. The molecule has 1 N–H and O–H groups in total. The van der Waals surface area contributed by atoms with E-state index in [1.807, 2.05) is 7.05 Å². The summed E-state index contributed by atoms with van der Waals surface area (Å²) in [6, 6.07) is 3.77. The first kappa shape index (κ1) is 16.4. The summed E-state index contributed by atoms with van der Waals surface area (Å²) in [5.74, 6) is -0.199. The van der Waals surface area contributed by atoms with E-state index in [0.717, 1.165) is 38.0 Å². The van der Waals surface area contributed by atoms with Crippen LogP contribution in [0.5, 0.6) is 0 Å². The van der Waals surface area contributed by atoms with Gasteiger partial charge in [0.15, 0.2) is 0 Å². The van der Waals surface area contributed by atoms with Gasteiger partial charge < -0.3 is 10.2 Å². The van der Waals surface area contributed by atoms with E-state index in [9.17, 15) is 8.78 Å². The van der Waals surface area contributed by atoms with Gasteiger partial charge in [-0.15, -0.1) is 0 Å². The molecule has 0 bridgehead atoms. The first-order valence-corrected chi connectivity index (χ1v) is 7.94. The van der Waals surface area contributed by atoms with Gasteiger partial charge in [-0.2, -0.15) is 0 Å². The van der Waals surface area contributed by atoms with Gasteiger partial charge in [-0.3, -0.25) is 0 Å². The Morgan fingerprint density at radius 3 is 2.57 bits per heavy atom. The average Bonchev–Trinajstić information content (AvgIpc) is 2.63. The number of hydrogen-bond donors (Lipinski definition) is 1. The van der Waals surface area contributed by atoms with Crippen molar-refractivity contribution in [1.29, 1.82) is 0 Å². The van der Waals surface area contributed by atoms with E-state index < -0.39 is 11.6 Å². The normalized spacial score (nSPS) is 22.0. The van der Waals surface area contributed by atoms with Crippen LogP contribution >= 0.6 is 0 Å². The largest absolute Gasteiger partial charge is 0.313 e. The molecule has 2 nitrogen and oxygen atoms in total. The lowest BCUT2D eigenvalue weighted by molar-refractivity contribution is 0.265. The van der Waals surface area contributed by atoms with Crippen LogP contribution in [0.2, 0.25) is 0 Å². The lowest BCUT2D eigenvalue weighted by Gasteiger charge is -2.24. The summed E-state index contributed by atoms with van der Waals surface area (Å²) in [6.07, 6.45) is 4.67. The topological polar surface area (TPSA) is 15.3 Å². The molecule has 1 aliphatic heterocycles.